The molecule has 32 heavy (non-hydrogen) atoms. The predicted octanol–water partition coefficient (Wildman–Crippen LogP) is 2.40. The van der Waals surface area contributed by atoms with E-state index in [4.69, 9.17) is 27.9 Å². The first-order valence-electron chi connectivity index (χ1n) is 9.19. The molecule has 0 fully saturated rings. The van der Waals surface area contributed by atoms with Crippen LogP contribution in [-0.4, -0.2) is 53.2 Å². The Kier molecular flexibility index (Phi) is 7.06. The van der Waals surface area contributed by atoms with E-state index in [0.717, 1.165) is 11.6 Å². The number of hydrogen-bond acceptors (Lipinski definition) is 7. The van der Waals surface area contributed by atoms with Crippen LogP contribution in [0.2, 0.25) is 10.0 Å². The molecule has 2 aromatic carbocycles. The highest BCUT2D eigenvalue weighted by molar-refractivity contribution is 6.35. The van der Waals surface area contributed by atoms with Crippen molar-refractivity contribution in [2.24, 2.45) is 0 Å². The fraction of sp³-hybridized carbons (Fsp3) is 0.200. The summed E-state index contributed by atoms with van der Waals surface area (Å²) in [6.07, 6.45) is 0.420. The number of halogens is 2. The number of ether oxygens (including phenoxy) is 1. The molecule has 0 saturated carbocycles. The molecule has 0 unspecified atom stereocenters. The van der Waals surface area contributed by atoms with E-state index in [1.807, 2.05) is 0 Å². The molecule has 1 aliphatic heterocycles. The number of carbonyl (C=O) groups is 4. The van der Waals surface area contributed by atoms with Crippen LogP contribution in [0.25, 0.3) is 0 Å². The zero-order chi connectivity index (χ0) is 23.4. The highest BCUT2D eigenvalue weighted by atomic mass is 35.5. The van der Waals surface area contributed by atoms with Gasteiger partial charge in [0.2, 0.25) is 0 Å². The van der Waals surface area contributed by atoms with Gasteiger partial charge in [-0.05, 0) is 30.2 Å². The summed E-state index contributed by atoms with van der Waals surface area (Å²) in [6.45, 7) is -1.19. The largest absolute Gasteiger partial charge is 0.454 e. The molecular formula is C20H15Cl2N3O7. The number of benzene rings is 2. The first kappa shape index (κ1) is 23.2. The molecule has 0 bridgehead atoms. The van der Waals surface area contributed by atoms with Gasteiger partial charge >= 0.3 is 5.97 Å². The highest BCUT2D eigenvalue weighted by Gasteiger charge is 2.41. The topological polar surface area (TPSA) is 136 Å². The van der Waals surface area contributed by atoms with E-state index in [0.29, 0.717) is 21.4 Å². The number of imide groups is 1. The zero-order valence-corrected chi connectivity index (χ0v) is 17.8. The molecule has 0 radical (unpaired) electrons. The van der Waals surface area contributed by atoms with Crippen LogP contribution in [0, 0.1) is 10.1 Å². The fourth-order valence-corrected chi connectivity index (χ4v) is 3.55. The fourth-order valence-electron chi connectivity index (χ4n) is 3.04. The number of carbonyl (C=O) groups excluding carboxylic acids is 4. The highest BCUT2D eigenvalue weighted by Crippen LogP contribution is 2.30. The average Bonchev–Trinajstić information content (AvgIpc) is 2.98. The predicted molar refractivity (Wildman–Crippen MR) is 113 cm³/mol. The van der Waals surface area contributed by atoms with Gasteiger partial charge in [-0.1, -0.05) is 35.3 Å². The maximum absolute atomic E-state index is 12.4. The zero-order valence-electron chi connectivity index (χ0n) is 16.3. The smallest absolute Gasteiger partial charge is 0.326 e. The SMILES string of the molecule is O=C(COC(=O)CN1C(=O)c2cccc([N+](=O)[O-])c2C1=O)NCCc1ccc(Cl)cc1Cl. The molecule has 10 nitrogen and oxygen atoms in total. The Morgan fingerprint density at radius 1 is 1.12 bits per heavy atom. The number of nitrogens with one attached hydrogen (secondary N) is 1. The van der Waals surface area contributed by atoms with Crippen molar-refractivity contribution >= 4 is 52.6 Å². The Bertz CT molecular complexity index is 1140. The normalized spacial score (nSPS) is 12.5. The van der Waals surface area contributed by atoms with Gasteiger partial charge < -0.3 is 10.1 Å². The van der Waals surface area contributed by atoms with E-state index in [-0.39, 0.29) is 17.7 Å². The lowest BCUT2D eigenvalue weighted by molar-refractivity contribution is -0.385. The van der Waals surface area contributed by atoms with E-state index < -0.39 is 47.5 Å². The summed E-state index contributed by atoms with van der Waals surface area (Å²) >= 11 is 11.9. The number of esters is 1. The number of hydrogen-bond donors (Lipinski definition) is 1. The Labute approximate surface area is 191 Å². The Hall–Kier alpha value is -3.50. The second-order valence-corrected chi connectivity index (χ2v) is 7.49. The van der Waals surface area contributed by atoms with Gasteiger partial charge in [0.25, 0.3) is 23.4 Å². The van der Waals surface area contributed by atoms with Crippen molar-refractivity contribution in [3.8, 4) is 0 Å². The van der Waals surface area contributed by atoms with Crippen molar-refractivity contribution in [1.82, 2.24) is 10.2 Å². The summed E-state index contributed by atoms with van der Waals surface area (Å²) in [5.74, 6) is -3.44. The average molecular weight is 480 g/mol. The third kappa shape index (κ3) is 5.04. The molecule has 12 heteroatoms. The Balaban J connectivity index is 1.49. The molecule has 3 amide bonds. The van der Waals surface area contributed by atoms with Crippen LogP contribution in [0.15, 0.2) is 36.4 Å². The Morgan fingerprint density at radius 2 is 1.88 bits per heavy atom. The van der Waals surface area contributed by atoms with E-state index >= 15 is 0 Å². The molecule has 0 aliphatic carbocycles. The minimum Gasteiger partial charge on any atom is -0.454 e. The van der Waals surface area contributed by atoms with Gasteiger partial charge in [-0.25, -0.2) is 0 Å². The van der Waals surface area contributed by atoms with Crippen LogP contribution in [0.3, 0.4) is 0 Å². The lowest BCUT2D eigenvalue weighted by atomic mass is 10.1. The lowest BCUT2D eigenvalue weighted by Crippen LogP contribution is -2.37. The van der Waals surface area contributed by atoms with Crippen molar-refractivity contribution < 1.29 is 28.8 Å². The minimum atomic E-state index is -1.02. The summed E-state index contributed by atoms with van der Waals surface area (Å²) in [6, 6.07) is 8.59. The van der Waals surface area contributed by atoms with Gasteiger partial charge in [-0.3, -0.25) is 34.2 Å². The lowest BCUT2D eigenvalue weighted by Gasteiger charge is -2.13. The molecule has 3 rings (SSSR count). The quantitative estimate of drug-likeness (QED) is 0.265. The monoisotopic (exact) mass is 479 g/mol. The minimum absolute atomic E-state index is 0.171. The molecule has 0 saturated heterocycles. The van der Waals surface area contributed by atoms with Crippen molar-refractivity contribution in [2.75, 3.05) is 19.7 Å². The van der Waals surface area contributed by atoms with Crippen LogP contribution in [0.4, 0.5) is 5.69 Å². The van der Waals surface area contributed by atoms with Crippen molar-refractivity contribution in [3.63, 3.8) is 0 Å². The molecule has 166 valence electrons. The maximum atomic E-state index is 12.4. The van der Waals surface area contributed by atoms with E-state index in [1.54, 1.807) is 18.2 Å². The number of nitro groups is 1. The van der Waals surface area contributed by atoms with Crippen molar-refractivity contribution in [1.29, 1.82) is 0 Å². The second kappa shape index (κ2) is 9.75. The number of rotatable bonds is 8. The van der Waals surface area contributed by atoms with Crippen molar-refractivity contribution in [2.45, 2.75) is 6.42 Å². The van der Waals surface area contributed by atoms with Gasteiger partial charge in [-0.15, -0.1) is 0 Å². The molecule has 0 spiro atoms. The van der Waals surface area contributed by atoms with Gasteiger partial charge in [0.15, 0.2) is 6.61 Å². The first-order chi connectivity index (χ1) is 15.2. The Morgan fingerprint density at radius 3 is 2.56 bits per heavy atom. The van der Waals surface area contributed by atoms with Gasteiger partial charge in [0.1, 0.15) is 12.1 Å². The summed E-state index contributed by atoms with van der Waals surface area (Å²) in [5.41, 5.74) is -0.311. The van der Waals surface area contributed by atoms with E-state index in [1.165, 1.54) is 12.1 Å². The third-order valence-electron chi connectivity index (χ3n) is 4.56. The molecule has 0 atom stereocenters. The van der Waals surface area contributed by atoms with Crippen LogP contribution >= 0.6 is 23.2 Å². The summed E-state index contributed by atoms with van der Waals surface area (Å²) in [4.78, 5) is 59.5. The maximum Gasteiger partial charge on any atom is 0.326 e. The van der Waals surface area contributed by atoms with Crippen LogP contribution in [0.1, 0.15) is 26.3 Å². The summed E-state index contributed by atoms with van der Waals surface area (Å²) in [7, 11) is 0. The molecule has 1 aliphatic rings. The summed E-state index contributed by atoms with van der Waals surface area (Å²) < 4.78 is 4.81. The van der Waals surface area contributed by atoms with Gasteiger partial charge in [-0.2, -0.15) is 0 Å². The van der Waals surface area contributed by atoms with E-state index in [9.17, 15) is 29.3 Å². The van der Waals surface area contributed by atoms with Crippen LogP contribution in [0.5, 0.6) is 0 Å². The molecule has 0 aromatic heterocycles. The van der Waals surface area contributed by atoms with Crippen molar-refractivity contribution in [3.05, 3.63) is 73.2 Å². The number of nitrogens with zero attached hydrogens (tertiary/aromatic N) is 2. The molecule has 1 N–H and O–H groups in total. The van der Waals surface area contributed by atoms with Gasteiger partial charge in [0, 0.05) is 22.7 Å². The van der Waals surface area contributed by atoms with Gasteiger partial charge in [0.05, 0.1) is 10.5 Å². The number of fused-ring (bicyclic) bond motifs is 1. The number of amides is 3. The molecule has 1 heterocycles. The third-order valence-corrected chi connectivity index (χ3v) is 5.14. The number of nitro benzene ring substituents is 1. The standard InChI is InChI=1S/C20H15Cl2N3O7/c21-12-5-4-11(14(22)8-12)6-7-23-16(26)10-32-17(27)9-24-19(28)13-2-1-3-15(25(30)31)18(13)20(24)29/h1-5,8H,6-7,9-10H2,(H,23,26). The van der Waals surface area contributed by atoms with Crippen LogP contribution < -0.4 is 5.32 Å². The second-order valence-electron chi connectivity index (χ2n) is 6.65. The summed E-state index contributed by atoms with van der Waals surface area (Å²) in [5, 5.41) is 14.6. The molecule has 2 aromatic rings. The van der Waals surface area contributed by atoms with Crippen LogP contribution in [-0.2, 0) is 20.7 Å². The first-order valence-corrected chi connectivity index (χ1v) is 9.94. The van der Waals surface area contributed by atoms with E-state index in [2.05, 4.69) is 5.32 Å². The molecular weight excluding hydrogens is 465 g/mol.